The molecule has 0 radical (unpaired) electrons. The van der Waals surface area contributed by atoms with Crippen LogP contribution in [0.15, 0.2) is 30.3 Å². The van der Waals surface area contributed by atoms with Gasteiger partial charge in [0.2, 0.25) is 0 Å². The zero-order chi connectivity index (χ0) is 14.5. The molecule has 2 N–H and O–H groups in total. The Labute approximate surface area is 120 Å². The van der Waals surface area contributed by atoms with E-state index in [1.807, 2.05) is 6.07 Å². The lowest BCUT2D eigenvalue weighted by molar-refractivity contribution is 0.505. The van der Waals surface area contributed by atoms with Crippen molar-refractivity contribution in [2.45, 2.75) is 46.2 Å². The minimum absolute atomic E-state index is 0.184. The van der Waals surface area contributed by atoms with Gasteiger partial charge in [-0.2, -0.15) is 5.10 Å². The van der Waals surface area contributed by atoms with Crippen LogP contribution in [0, 0.1) is 19.3 Å². The number of nitrogens with zero attached hydrogens (tertiary/aromatic N) is 2. The molecular weight excluding hydrogens is 246 g/mol. The van der Waals surface area contributed by atoms with E-state index in [-0.39, 0.29) is 11.0 Å². The summed E-state index contributed by atoms with van der Waals surface area (Å²) < 4.78 is 2.09. The molecule has 2 aromatic rings. The van der Waals surface area contributed by atoms with Crippen molar-refractivity contribution in [2.75, 3.05) is 0 Å². The molecule has 0 saturated heterocycles. The fraction of sp³-hybridized carbons (Fsp3) is 0.471. The number of aryl methyl sites for hydroxylation is 1. The molecule has 1 saturated carbocycles. The quantitative estimate of drug-likeness (QED) is 0.930. The maximum absolute atomic E-state index is 6.60. The maximum Gasteiger partial charge on any atom is 0.0662 e. The van der Waals surface area contributed by atoms with Crippen LogP contribution in [0.25, 0.3) is 0 Å². The first kappa shape index (κ1) is 13.4. The summed E-state index contributed by atoms with van der Waals surface area (Å²) >= 11 is 0. The highest BCUT2D eigenvalue weighted by molar-refractivity contribution is 5.41. The number of hydrogen-bond donors (Lipinski definition) is 1. The first-order chi connectivity index (χ1) is 9.35. The van der Waals surface area contributed by atoms with Crippen LogP contribution >= 0.6 is 0 Å². The van der Waals surface area contributed by atoms with E-state index in [1.54, 1.807) is 0 Å². The van der Waals surface area contributed by atoms with Crippen LogP contribution in [0.3, 0.4) is 0 Å². The van der Waals surface area contributed by atoms with Crippen LogP contribution < -0.4 is 5.73 Å². The Hall–Kier alpha value is -1.61. The predicted molar refractivity (Wildman–Crippen MR) is 81.5 cm³/mol. The van der Waals surface area contributed by atoms with Gasteiger partial charge in [-0.1, -0.05) is 44.2 Å². The van der Waals surface area contributed by atoms with E-state index in [1.165, 1.54) is 16.8 Å². The van der Waals surface area contributed by atoms with Crippen LogP contribution in [0.2, 0.25) is 0 Å². The SMILES string of the molecule is Cc1nn(Cc2ccccc2)c(C)c1C1(N)CC1(C)C. The van der Waals surface area contributed by atoms with Crippen LogP contribution in [0.5, 0.6) is 0 Å². The second kappa shape index (κ2) is 4.19. The van der Waals surface area contributed by atoms with Crippen molar-refractivity contribution in [1.82, 2.24) is 9.78 Å². The number of benzene rings is 1. The highest BCUT2D eigenvalue weighted by Crippen LogP contribution is 2.61. The molecule has 1 aromatic heterocycles. The van der Waals surface area contributed by atoms with Gasteiger partial charge < -0.3 is 5.73 Å². The lowest BCUT2D eigenvalue weighted by Gasteiger charge is -2.16. The average molecular weight is 269 g/mol. The predicted octanol–water partition coefficient (Wildman–Crippen LogP) is 3.13. The number of hydrogen-bond acceptors (Lipinski definition) is 2. The van der Waals surface area contributed by atoms with Gasteiger partial charge >= 0.3 is 0 Å². The Morgan fingerprint density at radius 3 is 2.35 bits per heavy atom. The van der Waals surface area contributed by atoms with Crippen molar-refractivity contribution >= 4 is 0 Å². The third-order valence-electron chi connectivity index (χ3n) is 4.81. The monoisotopic (exact) mass is 269 g/mol. The number of rotatable bonds is 3. The van der Waals surface area contributed by atoms with Gasteiger partial charge in [-0.05, 0) is 31.2 Å². The van der Waals surface area contributed by atoms with E-state index in [9.17, 15) is 0 Å². The highest BCUT2D eigenvalue weighted by atomic mass is 15.3. The molecule has 1 unspecified atom stereocenters. The van der Waals surface area contributed by atoms with E-state index in [2.05, 4.69) is 56.6 Å². The smallest absolute Gasteiger partial charge is 0.0662 e. The minimum atomic E-state index is -0.198. The summed E-state index contributed by atoms with van der Waals surface area (Å²) in [5, 5.41) is 4.71. The molecule has 20 heavy (non-hydrogen) atoms. The van der Waals surface area contributed by atoms with Gasteiger partial charge in [0.15, 0.2) is 0 Å². The lowest BCUT2D eigenvalue weighted by atomic mass is 9.95. The number of aromatic nitrogens is 2. The zero-order valence-electron chi connectivity index (χ0n) is 12.8. The standard InChI is InChI=1S/C17H23N3/c1-12-15(17(18)11-16(17,3)4)13(2)20(19-12)10-14-8-6-5-7-9-14/h5-9H,10-11,18H2,1-4H3. The fourth-order valence-corrected chi connectivity index (χ4v) is 3.33. The Bertz CT molecular complexity index is 640. The summed E-state index contributed by atoms with van der Waals surface area (Å²) in [6, 6.07) is 10.4. The van der Waals surface area contributed by atoms with Gasteiger partial charge in [0.1, 0.15) is 0 Å². The lowest BCUT2D eigenvalue weighted by Crippen LogP contribution is -2.27. The zero-order valence-corrected chi connectivity index (χ0v) is 12.8. The van der Waals surface area contributed by atoms with E-state index >= 15 is 0 Å². The molecule has 0 spiro atoms. The molecule has 0 aliphatic heterocycles. The first-order valence-corrected chi connectivity index (χ1v) is 7.22. The summed E-state index contributed by atoms with van der Waals surface area (Å²) in [4.78, 5) is 0. The first-order valence-electron chi connectivity index (χ1n) is 7.22. The molecule has 1 aromatic carbocycles. The van der Waals surface area contributed by atoms with Gasteiger partial charge in [-0.25, -0.2) is 0 Å². The van der Waals surface area contributed by atoms with Crippen LogP contribution in [0.1, 0.15) is 42.8 Å². The third-order valence-corrected chi connectivity index (χ3v) is 4.81. The second-order valence-electron chi connectivity index (χ2n) is 6.72. The van der Waals surface area contributed by atoms with Crippen molar-refractivity contribution in [3.8, 4) is 0 Å². The molecule has 3 heteroatoms. The van der Waals surface area contributed by atoms with Gasteiger partial charge in [-0.15, -0.1) is 0 Å². The molecule has 1 fully saturated rings. The average Bonchev–Trinajstić information content (AvgIpc) is 2.74. The van der Waals surface area contributed by atoms with Gasteiger partial charge in [-0.3, -0.25) is 4.68 Å². The molecule has 106 valence electrons. The normalized spacial score (nSPS) is 23.9. The molecule has 1 heterocycles. The molecule has 0 amide bonds. The van der Waals surface area contributed by atoms with E-state index in [4.69, 9.17) is 10.8 Å². The van der Waals surface area contributed by atoms with E-state index in [0.29, 0.717) is 0 Å². The summed E-state index contributed by atoms with van der Waals surface area (Å²) in [7, 11) is 0. The summed E-state index contributed by atoms with van der Waals surface area (Å²) in [5.74, 6) is 0. The Morgan fingerprint density at radius 1 is 1.20 bits per heavy atom. The van der Waals surface area contributed by atoms with Crippen molar-refractivity contribution in [2.24, 2.45) is 11.1 Å². The molecule has 1 aliphatic rings. The highest BCUT2D eigenvalue weighted by Gasteiger charge is 2.61. The van der Waals surface area contributed by atoms with Crippen LogP contribution in [-0.2, 0) is 12.1 Å². The second-order valence-corrected chi connectivity index (χ2v) is 6.72. The summed E-state index contributed by atoms with van der Waals surface area (Å²) in [5.41, 5.74) is 11.4. The van der Waals surface area contributed by atoms with Gasteiger partial charge in [0, 0.05) is 11.3 Å². The molecule has 3 nitrogen and oxygen atoms in total. The Balaban J connectivity index is 1.96. The van der Waals surface area contributed by atoms with Gasteiger partial charge in [0.25, 0.3) is 0 Å². The third kappa shape index (κ3) is 1.88. The topological polar surface area (TPSA) is 43.8 Å². The largest absolute Gasteiger partial charge is 0.321 e. The van der Waals surface area contributed by atoms with Crippen LogP contribution in [0.4, 0.5) is 0 Å². The van der Waals surface area contributed by atoms with Crippen molar-refractivity contribution < 1.29 is 0 Å². The van der Waals surface area contributed by atoms with E-state index in [0.717, 1.165) is 18.7 Å². The Morgan fingerprint density at radius 2 is 1.80 bits per heavy atom. The summed E-state index contributed by atoms with van der Waals surface area (Å²) in [6.07, 6.45) is 1.04. The Kier molecular flexibility index (Phi) is 2.80. The molecule has 1 aliphatic carbocycles. The molecule has 0 bridgehead atoms. The molecular formula is C17H23N3. The number of nitrogens with two attached hydrogens (primary N) is 1. The van der Waals surface area contributed by atoms with Crippen molar-refractivity contribution in [1.29, 1.82) is 0 Å². The van der Waals surface area contributed by atoms with Crippen molar-refractivity contribution in [3.63, 3.8) is 0 Å². The molecule has 3 rings (SSSR count). The van der Waals surface area contributed by atoms with Gasteiger partial charge in [0.05, 0.1) is 17.8 Å². The molecule has 1 atom stereocenters. The maximum atomic E-state index is 6.60. The van der Waals surface area contributed by atoms with Crippen molar-refractivity contribution in [3.05, 3.63) is 52.8 Å². The van der Waals surface area contributed by atoms with Crippen LogP contribution in [-0.4, -0.2) is 9.78 Å². The summed E-state index contributed by atoms with van der Waals surface area (Å²) in [6.45, 7) is 9.50. The minimum Gasteiger partial charge on any atom is -0.321 e. The van der Waals surface area contributed by atoms with E-state index < -0.39 is 0 Å². The fourth-order valence-electron chi connectivity index (χ4n) is 3.33.